The van der Waals surface area contributed by atoms with Crippen LogP contribution in [0, 0.1) is 5.41 Å². The molecule has 0 aromatic heterocycles. The molecule has 4 nitrogen and oxygen atoms in total. The van der Waals surface area contributed by atoms with Crippen molar-refractivity contribution in [1.29, 1.82) is 5.41 Å². The molecular formula is C12H18N4. The molecule has 2 rings (SSSR count). The van der Waals surface area contributed by atoms with Gasteiger partial charge in [-0.3, -0.25) is 5.41 Å². The van der Waals surface area contributed by atoms with Crippen LogP contribution in [0.1, 0.15) is 18.4 Å². The van der Waals surface area contributed by atoms with Crippen molar-refractivity contribution >= 4 is 17.2 Å². The van der Waals surface area contributed by atoms with Crippen molar-refractivity contribution in [3.63, 3.8) is 0 Å². The summed E-state index contributed by atoms with van der Waals surface area (Å²) in [6.07, 6.45) is 2.36. The monoisotopic (exact) mass is 218 g/mol. The number of rotatable bonds is 2. The average Bonchev–Trinajstić information content (AvgIpc) is 2.81. The zero-order valence-electron chi connectivity index (χ0n) is 9.59. The van der Waals surface area contributed by atoms with Gasteiger partial charge in [0.15, 0.2) is 0 Å². The summed E-state index contributed by atoms with van der Waals surface area (Å²) in [4.78, 5) is 2.11. The summed E-state index contributed by atoms with van der Waals surface area (Å²) in [6, 6.07) is 5.65. The second-order valence-electron chi connectivity index (χ2n) is 4.10. The van der Waals surface area contributed by atoms with Crippen molar-refractivity contribution in [3.05, 3.63) is 23.8 Å². The lowest BCUT2D eigenvalue weighted by Gasteiger charge is -2.20. The smallest absolute Gasteiger partial charge is 0.130 e. The molecule has 1 heterocycles. The zero-order valence-corrected chi connectivity index (χ0v) is 9.59. The van der Waals surface area contributed by atoms with Crippen LogP contribution in [0.4, 0.5) is 11.4 Å². The Hall–Kier alpha value is -1.71. The van der Waals surface area contributed by atoms with Crippen LogP contribution in [0.2, 0.25) is 0 Å². The lowest BCUT2D eigenvalue weighted by atomic mass is 10.1. The van der Waals surface area contributed by atoms with E-state index in [9.17, 15) is 0 Å². The molecule has 0 amide bonds. The predicted octanol–water partition coefficient (Wildman–Crippen LogP) is 1.73. The molecule has 4 heteroatoms. The lowest BCUT2D eigenvalue weighted by molar-refractivity contribution is 0.517. The number of nitrogen functional groups attached to an aromatic ring is 1. The Labute approximate surface area is 96.0 Å². The van der Waals surface area contributed by atoms with Gasteiger partial charge in [0.2, 0.25) is 0 Å². The van der Waals surface area contributed by atoms with Crippen LogP contribution in [0.3, 0.4) is 0 Å². The standard InChI is InChI=1S/C12H18N4/c1-15-11-5-4-9(13)8-10(11)12(14)16-6-2-3-7-16/h4-5,8,14-15H,2-3,6-7,13H2,1H3. The molecule has 0 aliphatic carbocycles. The minimum atomic E-state index is 0.578. The van der Waals surface area contributed by atoms with Gasteiger partial charge >= 0.3 is 0 Å². The van der Waals surface area contributed by atoms with Crippen LogP contribution in [-0.2, 0) is 0 Å². The first-order valence-corrected chi connectivity index (χ1v) is 5.63. The second-order valence-corrected chi connectivity index (χ2v) is 4.10. The van der Waals surface area contributed by atoms with Crippen LogP contribution in [0.5, 0.6) is 0 Å². The highest BCUT2D eigenvalue weighted by Gasteiger charge is 2.18. The number of nitrogens with two attached hydrogens (primary N) is 1. The van der Waals surface area contributed by atoms with E-state index in [0.717, 1.165) is 24.3 Å². The molecule has 4 N–H and O–H groups in total. The fourth-order valence-electron chi connectivity index (χ4n) is 2.09. The van der Waals surface area contributed by atoms with Gasteiger partial charge in [-0.1, -0.05) is 0 Å². The molecule has 1 aromatic rings. The van der Waals surface area contributed by atoms with Gasteiger partial charge in [0.1, 0.15) is 5.84 Å². The Balaban J connectivity index is 2.30. The third-order valence-electron chi connectivity index (χ3n) is 2.99. The predicted molar refractivity (Wildman–Crippen MR) is 68.0 cm³/mol. The van der Waals surface area contributed by atoms with Gasteiger partial charge in [-0.15, -0.1) is 0 Å². The number of benzene rings is 1. The highest BCUT2D eigenvalue weighted by molar-refractivity contribution is 6.02. The Kier molecular flexibility index (Phi) is 2.99. The molecule has 16 heavy (non-hydrogen) atoms. The van der Waals surface area contributed by atoms with E-state index >= 15 is 0 Å². The molecule has 0 spiro atoms. The first-order valence-electron chi connectivity index (χ1n) is 5.63. The number of nitrogens with zero attached hydrogens (tertiary/aromatic N) is 1. The molecule has 1 aromatic carbocycles. The normalized spacial score (nSPS) is 15.2. The molecule has 0 atom stereocenters. The van der Waals surface area contributed by atoms with Crippen molar-refractivity contribution in [3.8, 4) is 0 Å². The maximum absolute atomic E-state index is 8.20. The highest BCUT2D eigenvalue weighted by atomic mass is 15.2. The number of hydrogen-bond donors (Lipinski definition) is 3. The highest BCUT2D eigenvalue weighted by Crippen LogP contribution is 2.22. The van der Waals surface area contributed by atoms with Crippen LogP contribution < -0.4 is 11.1 Å². The summed E-state index contributed by atoms with van der Waals surface area (Å²) in [5, 5.41) is 11.3. The minimum absolute atomic E-state index is 0.578. The van der Waals surface area contributed by atoms with Crippen molar-refractivity contribution in [2.45, 2.75) is 12.8 Å². The first-order chi connectivity index (χ1) is 7.72. The maximum Gasteiger partial charge on any atom is 0.130 e. The van der Waals surface area contributed by atoms with E-state index in [1.54, 1.807) is 0 Å². The van der Waals surface area contributed by atoms with E-state index in [4.69, 9.17) is 11.1 Å². The summed E-state index contributed by atoms with van der Waals surface area (Å²) in [5.41, 5.74) is 8.34. The van der Waals surface area contributed by atoms with Gasteiger partial charge in [0.05, 0.1) is 0 Å². The summed E-state index contributed by atoms with van der Waals surface area (Å²) < 4.78 is 0. The van der Waals surface area contributed by atoms with E-state index in [1.165, 1.54) is 12.8 Å². The molecule has 0 unspecified atom stereocenters. The molecule has 1 aliphatic rings. The van der Waals surface area contributed by atoms with E-state index in [1.807, 2.05) is 25.2 Å². The Bertz CT molecular complexity index is 394. The largest absolute Gasteiger partial charge is 0.399 e. The molecule has 1 fully saturated rings. The van der Waals surface area contributed by atoms with Gasteiger partial charge in [0, 0.05) is 37.1 Å². The van der Waals surface area contributed by atoms with E-state index < -0.39 is 0 Å². The molecule has 86 valence electrons. The van der Waals surface area contributed by atoms with Gasteiger partial charge in [-0.25, -0.2) is 0 Å². The maximum atomic E-state index is 8.20. The number of amidine groups is 1. The third kappa shape index (κ3) is 1.96. The van der Waals surface area contributed by atoms with Gasteiger partial charge < -0.3 is 16.0 Å². The SMILES string of the molecule is CNc1ccc(N)cc1C(=N)N1CCCC1. The quantitative estimate of drug-likeness (QED) is 0.402. The van der Waals surface area contributed by atoms with Crippen LogP contribution in [0.25, 0.3) is 0 Å². The fraction of sp³-hybridized carbons (Fsp3) is 0.417. The van der Waals surface area contributed by atoms with Crippen molar-refractivity contribution < 1.29 is 0 Å². The van der Waals surface area contributed by atoms with Crippen LogP contribution in [0.15, 0.2) is 18.2 Å². The number of likely N-dealkylation sites (tertiary alicyclic amines) is 1. The Morgan fingerprint density at radius 1 is 1.38 bits per heavy atom. The van der Waals surface area contributed by atoms with Gasteiger partial charge in [0.25, 0.3) is 0 Å². The molecule has 1 aliphatic heterocycles. The fourth-order valence-corrected chi connectivity index (χ4v) is 2.09. The minimum Gasteiger partial charge on any atom is -0.399 e. The van der Waals surface area contributed by atoms with Crippen molar-refractivity contribution in [1.82, 2.24) is 4.90 Å². The van der Waals surface area contributed by atoms with E-state index in [2.05, 4.69) is 10.2 Å². The molecule has 0 saturated carbocycles. The van der Waals surface area contributed by atoms with Crippen LogP contribution >= 0.6 is 0 Å². The summed E-state index contributed by atoms with van der Waals surface area (Å²) in [7, 11) is 1.87. The van der Waals surface area contributed by atoms with Crippen LogP contribution in [-0.4, -0.2) is 30.9 Å². The molecule has 0 bridgehead atoms. The number of anilines is 2. The molecular weight excluding hydrogens is 200 g/mol. The topological polar surface area (TPSA) is 65.1 Å². The van der Waals surface area contributed by atoms with E-state index in [0.29, 0.717) is 11.5 Å². The van der Waals surface area contributed by atoms with Gasteiger partial charge in [-0.2, -0.15) is 0 Å². The lowest BCUT2D eigenvalue weighted by Crippen LogP contribution is -2.28. The number of nitrogens with one attached hydrogen (secondary N) is 2. The Morgan fingerprint density at radius 2 is 2.06 bits per heavy atom. The van der Waals surface area contributed by atoms with Gasteiger partial charge in [-0.05, 0) is 31.0 Å². The van der Waals surface area contributed by atoms with Crippen molar-refractivity contribution in [2.24, 2.45) is 0 Å². The zero-order chi connectivity index (χ0) is 11.5. The van der Waals surface area contributed by atoms with Crippen molar-refractivity contribution in [2.75, 3.05) is 31.2 Å². The molecule has 1 saturated heterocycles. The third-order valence-corrected chi connectivity index (χ3v) is 2.99. The summed E-state index contributed by atoms with van der Waals surface area (Å²) in [5.74, 6) is 0.578. The van der Waals surface area contributed by atoms with E-state index in [-0.39, 0.29) is 0 Å². The summed E-state index contributed by atoms with van der Waals surface area (Å²) in [6.45, 7) is 1.97. The number of hydrogen-bond acceptors (Lipinski definition) is 3. The molecule has 0 radical (unpaired) electrons. The second kappa shape index (κ2) is 4.43. The average molecular weight is 218 g/mol. The Morgan fingerprint density at radius 3 is 2.69 bits per heavy atom. The summed E-state index contributed by atoms with van der Waals surface area (Å²) >= 11 is 0. The first kappa shape index (κ1) is 10.8.